The molecule has 2 nitrogen and oxygen atoms in total. The van der Waals surface area contributed by atoms with Crippen molar-refractivity contribution in [2.45, 2.75) is 13.0 Å². The van der Waals surface area contributed by atoms with Gasteiger partial charge in [-0.2, -0.15) is 0 Å². The van der Waals surface area contributed by atoms with Crippen LogP contribution in [0.4, 0.5) is 8.78 Å². The highest BCUT2D eigenvalue weighted by molar-refractivity contribution is 9.10. The van der Waals surface area contributed by atoms with Crippen LogP contribution < -0.4 is 5.32 Å². The van der Waals surface area contributed by atoms with Gasteiger partial charge in [-0.25, -0.2) is 8.78 Å². The zero-order valence-electron chi connectivity index (χ0n) is 9.75. The molecule has 6 heteroatoms. The molecule has 1 aromatic carbocycles. The van der Waals surface area contributed by atoms with Crippen LogP contribution in [0.2, 0.25) is 0 Å². The van der Waals surface area contributed by atoms with Crippen molar-refractivity contribution < 1.29 is 13.6 Å². The number of hydrogen-bond donors (Lipinski definition) is 1. The first-order chi connectivity index (χ1) is 9.06. The number of carbonyl (C=O) groups is 1. The van der Waals surface area contributed by atoms with Crippen molar-refractivity contribution >= 4 is 33.2 Å². The predicted octanol–water partition coefficient (Wildman–Crippen LogP) is 3.65. The summed E-state index contributed by atoms with van der Waals surface area (Å²) in [6, 6.07) is 5.44. The summed E-state index contributed by atoms with van der Waals surface area (Å²) in [6.07, 6.45) is -0.301. The lowest BCUT2D eigenvalue weighted by molar-refractivity contribution is -0.120. The van der Waals surface area contributed by atoms with Gasteiger partial charge >= 0.3 is 0 Å². The SMILES string of the molecule is O=C(Cc1c(F)cccc1F)NCc1cc(Br)cs1. The Bertz CT molecular complexity index is 580. The molecule has 0 aliphatic rings. The molecule has 0 bridgehead atoms. The van der Waals surface area contributed by atoms with E-state index in [-0.39, 0.29) is 12.0 Å². The maximum absolute atomic E-state index is 13.4. The minimum absolute atomic E-state index is 0.202. The van der Waals surface area contributed by atoms with Crippen LogP contribution >= 0.6 is 27.3 Å². The third kappa shape index (κ3) is 3.84. The summed E-state index contributed by atoms with van der Waals surface area (Å²) in [6.45, 7) is 0.352. The average Bonchev–Trinajstić information content (AvgIpc) is 2.77. The van der Waals surface area contributed by atoms with Crippen LogP contribution in [0.1, 0.15) is 10.4 Å². The number of halogens is 3. The van der Waals surface area contributed by atoms with Gasteiger partial charge < -0.3 is 5.32 Å². The van der Waals surface area contributed by atoms with Gasteiger partial charge in [0, 0.05) is 20.3 Å². The number of nitrogens with one attached hydrogen (secondary N) is 1. The van der Waals surface area contributed by atoms with E-state index in [2.05, 4.69) is 21.2 Å². The van der Waals surface area contributed by atoms with Crippen molar-refractivity contribution in [2.75, 3.05) is 0 Å². The minimum Gasteiger partial charge on any atom is -0.351 e. The Labute approximate surface area is 121 Å². The van der Waals surface area contributed by atoms with Gasteiger partial charge in [0.05, 0.1) is 13.0 Å². The monoisotopic (exact) mass is 345 g/mol. The number of hydrogen-bond acceptors (Lipinski definition) is 2. The van der Waals surface area contributed by atoms with Gasteiger partial charge in [0.2, 0.25) is 5.91 Å². The molecule has 0 spiro atoms. The molecule has 1 aromatic heterocycles. The molecule has 2 aromatic rings. The van der Waals surface area contributed by atoms with Crippen molar-refractivity contribution in [3.63, 3.8) is 0 Å². The Morgan fingerprint density at radius 2 is 2.00 bits per heavy atom. The first-order valence-corrected chi connectivity index (χ1v) is 7.16. The number of amides is 1. The predicted molar refractivity (Wildman–Crippen MR) is 73.9 cm³/mol. The molecule has 0 aliphatic heterocycles. The molecular weight excluding hydrogens is 336 g/mol. The van der Waals surface area contributed by atoms with Crippen LogP contribution in [-0.2, 0) is 17.8 Å². The van der Waals surface area contributed by atoms with Crippen LogP contribution in [0.25, 0.3) is 0 Å². The van der Waals surface area contributed by atoms with Crippen LogP contribution in [-0.4, -0.2) is 5.91 Å². The molecule has 0 radical (unpaired) electrons. The van der Waals surface area contributed by atoms with Crippen LogP contribution in [0.15, 0.2) is 34.1 Å². The third-order valence-corrected chi connectivity index (χ3v) is 4.18. The number of rotatable bonds is 4. The average molecular weight is 346 g/mol. The Morgan fingerprint density at radius 3 is 2.58 bits per heavy atom. The molecule has 1 amide bonds. The third-order valence-electron chi connectivity index (χ3n) is 2.48. The lowest BCUT2D eigenvalue weighted by Crippen LogP contribution is -2.25. The van der Waals surface area contributed by atoms with Crippen molar-refractivity contribution in [1.29, 1.82) is 0 Å². The number of carbonyl (C=O) groups excluding carboxylic acids is 1. The van der Waals surface area contributed by atoms with Crippen molar-refractivity contribution in [3.8, 4) is 0 Å². The summed E-state index contributed by atoms with van der Waals surface area (Å²) >= 11 is 4.80. The molecular formula is C13H10BrF2NOS. The molecule has 0 aliphatic carbocycles. The van der Waals surface area contributed by atoms with E-state index in [1.807, 2.05) is 11.4 Å². The summed E-state index contributed by atoms with van der Waals surface area (Å²) in [5.41, 5.74) is -0.202. The second-order valence-electron chi connectivity index (χ2n) is 3.88. The smallest absolute Gasteiger partial charge is 0.224 e. The summed E-state index contributed by atoms with van der Waals surface area (Å²) < 4.78 is 27.7. The second kappa shape index (κ2) is 6.25. The Hall–Kier alpha value is -1.27. The van der Waals surface area contributed by atoms with E-state index < -0.39 is 17.5 Å². The summed E-state index contributed by atoms with van der Waals surface area (Å²) in [5, 5.41) is 4.53. The molecule has 2 rings (SSSR count). The van der Waals surface area contributed by atoms with Gasteiger partial charge in [-0.3, -0.25) is 4.79 Å². The Balaban J connectivity index is 1.94. The topological polar surface area (TPSA) is 29.1 Å². The second-order valence-corrected chi connectivity index (χ2v) is 5.80. The summed E-state index contributed by atoms with van der Waals surface area (Å²) in [7, 11) is 0. The van der Waals surface area contributed by atoms with Gasteiger partial charge in [0.25, 0.3) is 0 Å². The highest BCUT2D eigenvalue weighted by Crippen LogP contribution is 2.19. The standard InChI is InChI=1S/C13H10BrF2NOS/c14-8-4-9(19-7-8)6-17-13(18)5-10-11(15)2-1-3-12(10)16/h1-4,7H,5-6H2,(H,17,18). The largest absolute Gasteiger partial charge is 0.351 e. The molecule has 0 saturated heterocycles. The van der Waals surface area contributed by atoms with Crippen molar-refractivity contribution in [2.24, 2.45) is 0 Å². The zero-order chi connectivity index (χ0) is 13.8. The van der Waals surface area contributed by atoms with E-state index in [1.165, 1.54) is 17.4 Å². The lowest BCUT2D eigenvalue weighted by atomic mass is 10.1. The van der Waals surface area contributed by atoms with Gasteiger partial charge in [0.15, 0.2) is 0 Å². The first kappa shape index (κ1) is 14.1. The number of benzene rings is 1. The van der Waals surface area contributed by atoms with E-state index in [4.69, 9.17) is 0 Å². The normalized spacial score (nSPS) is 10.5. The molecule has 100 valence electrons. The van der Waals surface area contributed by atoms with Crippen LogP contribution in [0.3, 0.4) is 0 Å². The lowest BCUT2D eigenvalue weighted by Gasteiger charge is -2.05. The Kier molecular flexibility index (Phi) is 4.66. The van der Waals surface area contributed by atoms with Gasteiger partial charge in [0.1, 0.15) is 11.6 Å². The Morgan fingerprint density at radius 1 is 1.32 bits per heavy atom. The van der Waals surface area contributed by atoms with Gasteiger partial charge in [-0.15, -0.1) is 11.3 Å². The van der Waals surface area contributed by atoms with E-state index in [0.717, 1.165) is 21.5 Å². The molecule has 0 saturated carbocycles. The van der Waals surface area contributed by atoms with E-state index in [1.54, 1.807) is 0 Å². The van der Waals surface area contributed by atoms with E-state index in [0.29, 0.717) is 6.54 Å². The summed E-state index contributed by atoms with van der Waals surface area (Å²) in [4.78, 5) is 12.6. The first-order valence-electron chi connectivity index (χ1n) is 5.49. The van der Waals surface area contributed by atoms with E-state index in [9.17, 15) is 13.6 Å². The quantitative estimate of drug-likeness (QED) is 0.900. The highest BCUT2D eigenvalue weighted by Gasteiger charge is 2.12. The fourth-order valence-corrected chi connectivity index (χ4v) is 2.95. The molecule has 19 heavy (non-hydrogen) atoms. The van der Waals surface area contributed by atoms with E-state index >= 15 is 0 Å². The molecule has 0 unspecified atom stereocenters. The van der Waals surface area contributed by atoms with Gasteiger partial charge in [-0.05, 0) is 34.1 Å². The van der Waals surface area contributed by atoms with Gasteiger partial charge in [-0.1, -0.05) is 6.07 Å². The minimum atomic E-state index is -0.700. The van der Waals surface area contributed by atoms with Crippen LogP contribution in [0.5, 0.6) is 0 Å². The molecule has 0 fully saturated rings. The summed E-state index contributed by atoms with van der Waals surface area (Å²) in [5.74, 6) is -1.81. The fourth-order valence-electron chi connectivity index (χ4n) is 1.56. The zero-order valence-corrected chi connectivity index (χ0v) is 12.2. The molecule has 1 heterocycles. The maximum Gasteiger partial charge on any atom is 0.224 e. The van der Waals surface area contributed by atoms with Crippen molar-refractivity contribution in [1.82, 2.24) is 5.32 Å². The number of thiophene rings is 1. The molecule has 1 N–H and O–H groups in total. The maximum atomic E-state index is 13.4. The highest BCUT2D eigenvalue weighted by atomic mass is 79.9. The van der Waals surface area contributed by atoms with Crippen LogP contribution in [0, 0.1) is 11.6 Å². The molecule has 0 atom stereocenters. The van der Waals surface area contributed by atoms with Crippen molar-refractivity contribution in [3.05, 3.63) is 56.2 Å². The fraction of sp³-hybridized carbons (Fsp3) is 0.154.